The maximum Gasteiger partial charge on any atom is 0.306 e. The molecule has 0 heterocycles. The lowest BCUT2D eigenvalue weighted by Crippen LogP contribution is -2.28. The summed E-state index contributed by atoms with van der Waals surface area (Å²) in [5.41, 5.74) is 0. The van der Waals surface area contributed by atoms with Crippen LogP contribution < -0.4 is 0 Å². The Balaban J connectivity index is 3.86. The average molecular weight is 687 g/mol. The summed E-state index contributed by atoms with van der Waals surface area (Å²) in [7, 11) is 0. The van der Waals surface area contributed by atoms with Crippen LogP contribution in [0.3, 0.4) is 0 Å². The summed E-state index contributed by atoms with van der Waals surface area (Å²) in [6.45, 7) is 6.11. The van der Waals surface area contributed by atoms with Gasteiger partial charge in [-0.2, -0.15) is 0 Å². The number of rotatable bonds is 32. The van der Waals surface area contributed by atoms with Gasteiger partial charge in [0.25, 0.3) is 0 Å². The number of allylic oxidation sites excluding steroid dienone is 8. The zero-order valence-corrected chi connectivity index (χ0v) is 31.1. The summed E-state index contributed by atoms with van der Waals surface area (Å²) in [6, 6.07) is 0. The third-order valence-corrected chi connectivity index (χ3v) is 7.87. The van der Waals surface area contributed by atoms with Gasteiger partial charge in [0, 0.05) is 12.8 Å². The van der Waals surface area contributed by atoms with Crippen LogP contribution in [0.5, 0.6) is 0 Å². The Morgan fingerprint density at radius 1 is 0.633 bits per heavy atom. The predicted octanol–water partition coefficient (Wildman–Crippen LogP) is 9.58. The van der Waals surface area contributed by atoms with Crippen molar-refractivity contribution in [2.24, 2.45) is 5.92 Å². The minimum absolute atomic E-state index is 0.144. The van der Waals surface area contributed by atoms with Crippen molar-refractivity contribution >= 4 is 11.9 Å². The Hall–Kier alpha value is -2.74. The maximum absolute atomic E-state index is 12.1. The van der Waals surface area contributed by atoms with Crippen molar-refractivity contribution in [3.05, 3.63) is 72.9 Å². The lowest BCUT2D eigenvalue weighted by molar-refractivity contribution is -0.161. The van der Waals surface area contributed by atoms with Gasteiger partial charge in [0.2, 0.25) is 0 Å². The summed E-state index contributed by atoms with van der Waals surface area (Å²) in [6.07, 6.45) is 39.0. The number of esters is 2. The van der Waals surface area contributed by atoms with Crippen LogP contribution >= 0.6 is 0 Å². The molecule has 0 aliphatic carbocycles. The first-order valence-corrected chi connectivity index (χ1v) is 19.1. The molecule has 0 unspecified atom stereocenters. The quantitative estimate of drug-likeness (QED) is 0.0280. The first-order valence-electron chi connectivity index (χ1n) is 19.1. The first kappa shape index (κ1) is 46.3. The van der Waals surface area contributed by atoms with E-state index >= 15 is 0 Å². The van der Waals surface area contributed by atoms with Crippen LogP contribution in [0, 0.1) is 5.92 Å². The predicted molar refractivity (Wildman–Crippen MR) is 203 cm³/mol. The third kappa shape index (κ3) is 34.9. The number of ether oxygens (including phenoxy) is 2. The fourth-order valence-electron chi connectivity index (χ4n) is 4.94. The molecule has 7 heteroatoms. The number of carbonyl (C=O) groups excluding carboxylic acids is 2. The molecule has 0 aromatic rings. The monoisotopic (exact) mass is 687 g/mol. The number of aliphatic hydroxyl groups is 3. The first-order chi connectivity index (χ1) is 23.8. The summed E-state index contributed by atoms with van der Waals surface area (Å²) < 4.78 is 10.5. The molecule has 0 amide bonds. The van der Waals surface area contributed by atoms with E-state index in [9.17, 15) is 24.9 Å². The number of unbranched alkanes of at least 4 members (excludes halogenated alkanes) is 10. The van der Waals surface area contributed by atoms with E-state index < -0.39 is 24.3 Å². The number of carbonyl (C=O) groups is 2. The molecule has 0 saturated heterocycles. The molecule has 0 aliphatic heterocycles. The normalized spacial score (nSPS) is 14.4. The number of hydrogen-bond donors (Lipinski definition) is 3. The Morgan fingerprint density at radius 3 is 1.71 bits per heavy atom. The molecule has 0 spiro atoms. The minimum atomic E-state index is -0.836. The zero-order valence-electron chi connectivity index (χ0n) is 31.1. The van der Waals surface area contributed by atoms with Crippen molar-refractivity contribution < 1.29 is 34.4 Å². The van der Waals surface area contributed by atoms with Gasteiger partial charge >= 0.3 is 11.9 Å². The van der Waals surface area contributed by atoms with Crippen LogP contribution in [0.2, 0.25) is 0 Å². The highest BCUT2D eigenvalue weighted by Crippen LogP contribution is 2.14. The van der Waals surface area contributed by atoms with Gasteiger partial charge in [-0.25, -0.2) is 0 Å². The van der Waals surface area contributed by atoms with E-state index in [1.807, 2.05) is 48.6 Å². The van der Waals surface area contributed by atoms with Gasteiger partial charge in [0.05, 0.1) is 18.8 Å². The Morgan fingerprint density at radius 2 is 1.16 bits per heavy atom. The second-order valence-electron chi connectivity index (χ2n) is 13.2. The molecule has 280 valence electrons. The summed E-state index contributed by atoms with van der Waals surface area (Å²) >= 11 is 0. The van der Waals surface area contributed by atoms with Crippen LogP contribution in [0.15, 0.2) is 72.9 Å². The fourth-order valence-corrected chi connectivity index (χ4v) is 4.94. The van der Waals surface area contributed by atoms with Crippen LogP contribution in [0.4, 0.5) is 0 Å². The van der Waals surface area contributed by atoms with Crippen LogP contribution in [0.25, 0.3) is 0 Å². The van der Waals surface area contributed by atoms with Gasteiger partial charge in [-0.15, -0.1) is 0 Å². The molecule has 0 aromatic carbocycles. The largest absolute Gasteiger partial charge is 0.462 e. The lowest BCUT2D eigenvalue weighted by Gasteiger charge is -2.15. The number of aliphatic hydroxyl groups excluding tert-OH is 3. The highest BCUT2D eigenvalue weighted by molar-refractivity contribution is 5.70. The van der Waals surface area contributed by atoms with E-state index in [-0.39, 0.29) is 25.6 Å². The summed E-state index contributed by atoms with van der Waals surface area (Å²) in [5.74, 6) is 0.0554. The van der Waals surface area contributed by atoms with E-state index in [1.54, 1.807) is 24.3 Å². The Kier molecular flexibility index (Phi) is 33.1. The molecule has 0 rings (SSSR count). The number of hydrogen-bond acceptors (Lipinski definition) is 7. The standard InChI is InChI=1S/C42H70O7/c1-4-5-21-29-38(44)31-24-19-20-25-32-39(45)30-23-16-13-14-17-26-33-41(46)48-36-40(35-43)49-42(47)34-27-18-12-10-8-6-7-9-11-15-22-28-37(2)3/h5,14,16-17,19-21,23-25,31-32,37-40,43-45H,4,6-13,15,18,22,26-30,33-36H2,1-3H3/b17-14-,20-19-,21-5-,23-16-,31-24+,32-25+/t38-,39+,40+/m1/s1. The molecule has 0 aliphatic rings. The van der Waals surface area contributed by atoms with E-state index in [1.165, 1.54) is 57.8 Å². The van der Waals surface area contributed by atoms with Crippen LogP contribution in [-0.4, -0.2) is 58.8 Å². The smallest absolute Gasteiger partial charge is 0.306 e. The van der Waals surface area contributed by atoms with Crippen molar-refractivity contribution in [1.29, 1.82) is 0 Å². The Bertz CT molecular complexity index is 960. The van der Waals surface area contributed by atoms with Gasteiger partial charge in [-0.1, -0.05) is 164 Å². The van der Waals surface area contributed by atoms with Gasteiger partial charge in [0.1, 0.15) is 6.61 Å². The minimum Gasteiger partial charge on any atom is -0.462 e. The van der Waals surface area contributed by atoms with E-state index in [4.69, 9.17) is 9.47 Å². The third-order valence-electron chi connectivity index (χ3n) is 7.87. The second-order valence-corrected chi connectivity index (χ2v) is 13.2. The molecule has 0 fully saturated rings. The molecular formula is C42H70O7. The molecule has 3 N–H and O–H groups in total. The molecule has 0 aromatic heterocycles. The fraction of sp³-hybridized carbons (Fsp3) is 0.667. The van der Waals surface area contributed by atoms with Gasteiger partial charge in [-0.05, 0) is 44.4 Å². The summed E-state index contributed by atoms with van der Waals surface area (Å²) in [4.78, 5) is 24.2. The molecule has 7 nitrogen and oxygen atoms in total. The molecule has 3 atom stereocenters. The van der Waals surface area contributed by atoms with Gasteiger partial charge in [-0.3, -0.25) is 9.59 Å². The maximum atomic E-state index is 12.1. The van der Waals surface area contributed by atoms with Crippen molar-refractivity contribution in [2.45, 2.75) is 161 Å². The van der Waals surface area contributed by atoms with Crippen LogP contribution in [-0.2, 0) is 19.1 Å². The second kappa shape index (κ2) is 35.1. The van der Waals surface area contributed by atoms with Crippen molar-refractivity contribution in [1.82, 2.24) is 0 Å². The molecule has 49 heavy (non-hydrogen) atoms. The summed E-state index contributed by atoms with van der Waals surface area (Å²) in [5, 5.41) is 29.4. The van der Waals surface area contributed by atoms with Gasteiger partial charge < -0.3 is 24.8 Å². The Labute approximate surface area is 298 Å². The topological polar surface area (TPSA) is 113 Å². The molecular weight excluding hydrogens is 616 g/mol. The molecule has 0 radical (unpaired) electrons. The van der Waals surface area contributed by atoms with E-state index in [2.05, 4.69) is 20.8 Å². The van der Waals surface area contributed by atoms with E-state index in [0.29, 0.717) is 32.1 Å². The van der Waals surface area contributed by atoms with Crippen LogP contribution in [0.1, 0.15) is 143 Å². The van der Waals surface area contributed by atoms with Gasteiger partial charge in [0.15, 0.2) is 6.10 Å². The van der Waals surface area contributed by atoms with Crippen molar-refractivity contribution in [3.63, 3.8) is 0 Å². The highest BCUT2D eigenvalue weighted by atomic mass is 16.6. The lowest BCUT2D eigenvalue weighted by atomic mass is 10.0. The average Bonchev–Trinajstić information content (AvgIpc) is 3.07. The molecule has 0 saturated carbocycles. The SMILES string of the molecule is CC/C=C\C[C@@H](O)/C=C/C=C\C=C\[C@@H](O)C/C=C\C/C=C\CCC(=O)OC[C@H](CO)OC(=O)CCCCCCCCCCCCCC(C)C. The van der Waals surface area contributed by atoms with E-state index in [0.717, 1.165) is 31.6 Å². The zero-order chi connectivity index (χ0) is 36.2. The highest BCUT2D eigenvalue weighted by Gasteiger charge is 2.15. The van der Waals surface area contributed by atoms with Crippen molar-refractivity contribution in [3.8, 4) is 0 Å². The molecule has 0 bridgehead atoms. The van der Waals surface area contributed by atoms with Crippen molar-refractivity contribution in [2.75, 3.05) is 13.2 Å².